The van der Waals surface area contributed by atoms with Gasteiger partial charge in [0, 0.05) is 6.54 Å². The quantitative estimate of drug-likeness (QED) is 0.837. The molecule has 0 aliphatic heterocycles. The van der Waals surface area contributed by atoms with E-state index >= 15 is 0 Å². The summed E-state index contributed by atoms with van der Waals surface area (Å²) in [6, 6.07) is 10.0. The summed E-state index contributed by atoms with van der Waals surface area (Å²) >= 11 is 0. The molecule has 0 saturated heterocycles. The van der Waals surface area contributed by atoms with Crippen molar-refractivity contribution in [3.63, 3.8) is 0 Å². The number of rotatable bonds is 6. The van der Waals surface area contributed by atoms with Crippen LogP contribution in [0.1, 0.15) is 38.2 Å². The monoisotopic (exact) mass is 274 g/mol. The normalized spacial score (nSPS) is 22.4. The summed E-state index contributed by atoms with van der Waals surface area (Å²) in [5.74, 6) is 1.73. The van der Waals surface area contributed by atoms with Crippen molar-refractivity contribution in [2.24, 2.45) is 11.8 Å². The zero-order valence-corrected chi connectivity index (χ0v) is 12.4. The number of amides is 1. The van der Waals surface area contributed by atoms with Crippen molar-refractivity contribution in [1.82, 2.24) is 10.6 Å². The van der Waals surface area contributed by atoms with Crippen molar-refractivity contribution < 1.29 is 4.79 Å². The van der Waals surface area contributed by atoms with Gasteiger partial charge in [-0.05, 0) is 36.8 Å². The molecule has 20 heavy (non-hydrogen) atoms. The molecule has 0 bridgehead atoms. The highest BCUT2D eigenvalue weighted by molar-refractivity contribution is 5.77. The molecular formula is C17H26N2O. The van der Waals surface area contributed by atoms with Gasteiger partial charge in [-0.2, -0.15) is 0 Å². The number of carbonyl (C=O) groups excluding carboxylic acids is 1. The van der Waals surface area contributed by atoms with Crippen molar-refractivity contribution in [3.8, 4) is 0 Å². The standard InChI is InChI=1S/C17H26N2O/c1-14-7-9-16(10-8-14)11-18-13-17(20)19-12-15-5-3-2-4-6-15/h2-6,14,16,18H,7-13H2,1H3,(H,19,20). The molecule has 0 heterocycles. The van der Waals surface area contributed by atoms with Gasteiger partial charge in [0.1, 0.15) is 0 Å². The van der Waals surface area contributed by atoms with Crippen molar-refractivity contribution in [3.05, 3.63) is 35.9 Å². The molecule has 1 aromatic carbocycles. The zero-order valence-electron chi connectivity index (χ0n) is 12.4. The molecule has 110 valence electrons. The van der Waals surface area contributed by atoms with Gasteiger partial charge in [0.2, 0.25) is 5.91 Å². The molecule has 0 aromatic heterocycles. The van der Waals surface area contributed by atoms with Crippen LogP contribution < -0.4 is 10.6 Å². The highest BCUT2D eigenvalue weighted by Crippen LogP contribution is 2.27. The SMILES string of the molecule is CC1CCC(CNCC(=O)NCc2ccccc2)CC1. The number of carbonyl (C=O) groups is 1. The van der Waals surface area contributed by atoms with E-state index in [-0.39, 0.29) is 5.91 Å². The number of nitrogens with one attached hydrogen (secondary N) is 2. The van der Waals surface area contributed by atoms with Crippen LogP contribution in [0.4, 0.5) is 0 Å². The van der Waals surface area contributed by atoms with Crippen molar-refractivity contribution in [2.45, 2.75) is 39.2 Å². The summed E-state index contributed by atoms with van der Waals surface area (Å²) in [5.41, 5.74) is 1.14. The second kappa shape index (κ2) is 8.05. The minimum absolute atomic E-state index is 0.0815. The summed E-state index contributed by atoms with van der Waals surface area (Å²) in [6.45, 7) is 4.35. The molecule has 0 atom stereocenters. The van der Waals surface area contributed by atoms with Gasteiger partial charge in [0.15, 0.2) is 0 Å². The molecule has 2 N–H and O–H groups in total. The molecule has 3 heteroatoms. The molecule has 3 nitrogen and oxygen atoms in total. The number of hydrogen-bond acceptors (Lipinski definition) is 2. The van der Waals surface area contributed by atoms with E-state index in [0.717, 1.165) is 23.9 Å². The van der Waals surface area contributed by atoms with Crippen LogP contribution in [0.25, 0.3) is 0 Å². The van der Waals surface area contributed by atoms with Crippen LogP contribution in [0, 0.1) is 11.8 Å². The van der Waals surface area contributed by atoms with Crippen LogP contribution in [0.2, 0.25) is 0 Å². The van der Waals surface area contributed by atoms with Gasteiger partial charge < -0.3 is 10.6 Å². The van der Waals surface area contributed by atoms with Gasteiger partial charge in [-0.25, -0.2) is 0 Å². The van der Waals surface area contributed by atoms with Gasteiger partial charge in [-0.15, -0.1) is 0 Å². The molecular weight excluding hydrogens is 248 g/mol. The van der Waals surface area contributed by atoms with E-state index in [9.17, 15) is 4.79 Å². The fraction of sp³-hybridized carbons (Fsp3) is 0.588. The highest BCUT2D eigenvalue weighted by Gasteiger charge is 2.17. The van der Waals surface area contributed by atoms with Crippen LogP contribution >= 0.6 is 0 Å². The third-order valence-electron chi connectivity index (χ3n) is 4.19. The Morgan fingerprint density at radius 1 is 1.15 bits per heavy atom. The molecule has 1 amide bonds. The molecule has 0 radical (unpaired) electrons. The average Bonchev–Trinajstić information content (AvgIpc) is 2.48. The average molecular weight is 274 g/mol. The van der Waals surface area contributed by atoms with E-state index in [1.165, 1.54) is 25.7 Å². The van der Waals surface area contributed by atoms with Gasteiger partial charge in [0.05, 0.1) is 6.54 Å². The molecule has 1 aromatic rings. The maximum Gasteiger partial charge on any atom is 0.234 e. The topological polar surface area (TPSA) is 41.1 Å². The van der Waals surface area contributed by atoms with E-state index in [1.54, 1.807) is 0 Å². The van der Waals surface area contributed by atoms with Crippen molar-refractivity contribution in [1.29, 1.82) is 0 Å². The fourth-order valence-electron chi connectivity index (χ4n) is 2.78. The van der Waals surface area contributed by atoms with Crippen molar-refractivity contribution >= 4 is 5.91 Å². The van der Waals surface area contributed by atoms with Gasteiger partial charge >= 0.3 is 0 Å². The third-order valence-corrected chi connectivity index (χ3v) is 4.19. The minimum atomic E-state index is 0.0815. The lowest BCUT2D eigenvalue weighted by Gasteiger charge is -2.26. The maximum atomic E-state index is 11.7. The van der Waals surface area contributed by atoms with E-state index in [0.29, 0.717) is 13.1 Å². The molecule has 2 rings (SSSR count). The van der Waals surface area contributed by atoms with Crippen LogP contribution in [0.3, 0.4) is 0 Å². The maximum absolute atomic E-state index is 11.7. The lowest BCUT2D eigenvalue weighted by molar-refractivity contribution is -0.120. The smallest absolute Gasteiger partial charge is 0.234 e. The second-order valence-electron chi connectivity index (χ2n) is 6.02. The predicted molar refractivity (Wildman–Crippen MR) is 82.3 cm³/mol. The Kier molecular flexibility index (Phi) is 6.06. The summed E-state index contributed by atoms with van der Waals surface area (Å²) in [6.07, 6.45) is 5.29. The van der Waals surface area contributed by atoms with E-state index in [1.807, 2.05) is 30.3 Å². The Balaban J connectivity index is 1.56. The molecule has 1 saturated carbocycles. The van der Waals surface area contributed by atoms with E-state index < -0.39 is 0 Å². The van der Waals surface area contributed by atoms with Gasteiger partial charge in [-0.1, -0.05) is 50.1 Å². The predicted octanol–water partition coefficient (Wildman–Crippen LogP) is 2.72. The fourth-order valence-corrected chi connectivity index (χ4v) is 2.78. The van der Waals surface area contributed by atoms with Crippen LogP contribution in [0.5, 0.6) is 0 Å². The molecule has 1 fully saturated rings. The van der Waals surface area contributed by atoms with Gasteiger partial charge in [0.25, 0.3) is 0 Å². The summed E-state index contributed by atoms with van der Waals surface area (Å²) in [5, 5.41) is 6.24. The van der Waals surface area contributed by atoms with Crippen LogP contribution in [-0.4, -0.2) is 19.0 Å². The van der Waals surface area contributed by atoms with E-state index in [4.69, 9.17) is 0 Å². The minimum Gasteiger partial charge on any atom is -0.351 e. The lowest BCUT2D eigenvalue weighted by atomic mass is 9.83. The first kappa shape index (κ1) is 15.0. The van der Waals surface area contributed by atoms with Gasteiger partial charge in [-0.3, -0.25) is 4.79 Å². The summed E-state index contributed by atoms with van der Waals surface area (Å²) in [4.78, 5) is 11.7. The molecule has 0 spiro atoms. The Bertz CT molecular complexity index is 397. The Hall–Kier alpha value is -1.35. The summed E-state index contributed by atoms with van der Waals surface area (Å²) in [7, 11) is 0. The third kappa shape index (κ3) is 5.33. The Morgan fingerprint density at radius 2 is 1.85 bits per heavy atom. The highest BCUT2D eigenvalue weighted by atomic mass is 16.1. The van der Waals surface area contributed by atoms with Crippen LogP contribution in [0.15, 0.2) is 30.3 Å². The van der Waals surface area contributed by atoms with Crippen LogP contribution in [-0.2, 0) is 11.3 Å². The lowest BCUT2D eigenvalue weighted by Crippen LogP contribution is -2.36. The number of hydrogen-bond donors (Lipinski definition) is 2. The first-order valence-corrected chi connectivity index (χ1v) is 7.75. The van der Waals surface area contributed by atoms with Crippen molar-refractivity contribution in [2.75, 3.05) is 13.1 Å². The Labute approximate surface area is 122 Å². The first-order valence-electron chi connectivity index (χ1n) is 7.75. The molecule has 1 aliphatic carbocycles. The zero-order chi connectivity index (χ0) is 14.2. The summed E-state index contributed by atoms with van der Waals surface area (Å²) < 4.78 is 0. The largest absolute Gasteiger partial charge is 0.351 e. The molecule has 1 aliphatic rings. The van der Waals surface area contributed by atoms with E-state index in [2.05, 4.69) is 17.6 Å². The second-order valence-corrected chi connectivity index (χ2v) is 6.02. The molecule has 0 unspecified atom stereocenters. The number of benzene rings is 1. The first-order chi connectivity index (χ1) is 9.74. The Morgan fingerprint density at radius 3 is 2.55 bits per heavy atom.